The van der Waals surface area contributed by atoms with Gasteiger partial charge < -0.3 is 14.6 Å². The first-order chi connectivity index (χ1) is 12.8. The van der Waals surface area contributed by atoms with Gasteiger partial charge in [0.1, 0.15) is 5.75 Å². The summed E-state index contributed by atoms with van der Waals surface area (Å²) in [6, 6.07) is 18.1. The first kappa shape index (κ1) is 16.7. The Kier molecular flexibility index (Phi) is 4.91. The topological polar surface area (TPSA) is 45.3 Å². The summed E-state index contributed by atoms with van der Waals surface area (Å²) in [5.41, 5.74) is 2.51. The molecule has 0 bridgehead atoms. The Balaban J connectivity index is 1.27. The van der Waals surface area contributed by atoms with Gasteiger partial charge in [-0.1, -0.05) is 36.4 Å². The van der Waals surface area contributed by atoms with Gasteiger partial charge in [-0.2, -0.15) is 0 Å². The minimum atomic E-state index is 0.240. The molecule has 0 aliphatic carbocycles. The van der Waals surface area contributed by atoms with Crippen molar-refractivity contribution in [1.29, 1.82) is 0 Å². The molecular formula is C22H24N2O2. The molecule has 1 saturated heterocycles. The number of aromatic nitrogens is 1. The summed E-state index contributed by atoms with van der Waals surface area (Å²) in [7, 11) is 0. The Hall–Kier alpha value is -2.75. The lowest BCUT2D eigenvalue weighted by molar-refractivity contribution is -0.130. The number of para-hydroxylation sites is 2. The molecule has 0 saturated carbocycles. The van der Waals surface area contributed by atoms with E-state index in [-0.39, 0.29) is 5.91 Å². The second-order valence-corrected chi connectivity index (χ2v) is 6.88. The third kappa shape index (κ3) is 3.59. The molecule has 1 unspecified atom stereocenters. The first-order valence-corrected chi connectivity index (χ1v) is 9.33. The van der Waals surface area contributed by atoms with E-state index in [1.807, 2.05) is 41.3 Å². The summed E-state index contributed by atoms with van der Waals surface area (Å²) >= 11 is 0. The molecule has 1 aliphatic heterocycles. The van der Waals surface area contributed by atoms with Crippen molar-refractivity contribution >= 4 is 16.8 Å². The second kappa shape index (κ2) is 7.65. The van der Waals surface area contributed by atoms with Crippen molar-refractivity contribution in [2.24, 2.45) is 0 Å². The summed E-state index contributed by atoms with van der Waals surface area (Å²) in [6.45, 7) is 2.25. The van der Waals surface area contributed by atoms with Gasteiger partial charge in [0, 0.05) is 42.5 Å². The van der Waals surface area contributed by atoms with E-state index in [2.05, 4.69) is 29.4 Å². The van der Waals surface area contributed by atoms with Crippen LogP contribution in [-0.4, -0.2) is 35.5 Å². The van der Waals surface area contributed by atoms with Gasteiger partial charge >= 0.3 is 0 Å². The molecule has 1 N–H and O–H groups in total. The smallest absolute Gasteiger partial charge is 0.222 e. The van der Waals surface area contributed by atoms with E-state index in [1.54, 1.807) is 0 Å². The molecule has 3 aromatic rings. The Morgan fingerprint density at radius 1 is 1.12 bits per heavy atom. The lowest BCUT2D eigenvalue weighted by atomic mass is 9.98. The minimum Gasteiger partial charge on any atom is -0.494 e. The van der Waals surface area contributed by atoms with Crippen molar-refractivity contribution in [2.75, 3.05) is 19.7 Å². The number of likely N-dealkylation sites (tertiary alicyclic amines) is 1. The normalized spacial score (nSPS) is 16.9. The number of nitrogens with zero attached hydrogens (tertiary/aromatic N) is 1. The van der Waals surface area contributed by atoms with Crippen molar-refractivity contribution in [2.45, 2.75) is 25.2 Å². The van der Waals surface area contributed by atoms with Crippen LogP contribution in [0.1, 0.15) is 30.7 Å². The van der Waals surface area contributed by atoms with Crippen LogP contribution in [0.15, 0.2) is 60.8 Å². The average molecular weight is 348 g/mol. The summed E-state index contributed by atoms with van der Waals surface area (Å²) in [5, 5.41) is 1.28. The van der Waals surface area contributed by atoms with Gasteiger partial charge in [0.2, 0.25) is 5.91 Å². The van der Waals surface area contributed by atoms with Crippen LogP contribution in [0.3, 0.4) is 0 Å². The highest BCUT2D eigenvalue weighted by atomic mass is 16.5. The van der Waals surface area contributed by atoms with Gasteiger partial charge in [-0.25, -0.2) is 0 Å². The summed E-state index contributed by atoms with van der Waals surface area (Å²) < 4.78 is 5.67. The lowest BCUT2D eigenvalue weighted by Crippen LogP contribution is -2.28. The maximum atomic E-state index is 12.5. The van der Waals surface area contributed by atoms with Crippen LogP contribution < -0.4 is 4.74 Å². The van der Waals surface area contributed by atoms with Crippen LogP contribution >= 0.6 is 0 Å². The fraction of sp³-hybridized carbons (Fsp3) is 0.318. The molecule has 1 atom stereocenters. The monoisotopic (exact) mass is 348 g/mol. The van der Waals surface area contributed by atoms with Crippen LogP contribution in [0, 0.1) is 0 Å². The summed E-state index contributed by atoms with van der Waals surface area (Å²) in [6.07, 6.45) is 4.44. The molecule has 26 heavy (non-hydrogen) atoms. The van der Waals surface area contributed by atoms with E-state index < -0.39 is 0 Å². The molecule has 1 aliphatic rings. The summed E-state index contributed by atoms with van der Waals surface area (Å²) in [4.78, 5) is 17.9. The molecule has 134 valence electrons. The minimum absolute atomic E-state index is 0.240. The number of hydrogen-bond acceptors (Lipinski definition) is 2. The number of carbonyl (C=O) groups is 1. The van der Waals surface area contributed by atoms with Gasteiger partial charge in [-0.15, -0.1) is 0 Å². The Labute approximate surface area is 153 Å². The molecule has 0 spiro atoms. The third-order valence-electron chi connectivity index (χ3n) is 5.15. The van der Waals surface area contributed by atoms with E-state index in [9.17, 15) is 4.79 Å². The predicted octanol–water partition coefficient (Wildman–Crippen LogP) is 4.34. The fourth-order valence-electron chi connectivity index (χ4n) is 3.76. The van der Waals surface area contributed by atoms with E-state index in [4.69, 9.17) is 4.74 Å². The number of H-pyrrole nitrogens is 1. The van der Waals surface area contributed by atoms with E-state index in [1.165, 1.54) is 16.5 Å². The number of hydrogen-bond donors (Lipinski definition) is 1. The van der Waals surface area contributed by atoms with Crippen LogP contribution in [0.25, 0.3) is 10.9 Å². The number of aromatic amines is 1. The molecular weight excluding hydrogens is 324 g/mol. The summed E-state index contributed by atoms with van der Waals surface area (Å²) in [5.74, 6) is 1.53. The van der Waals surface area contributed by atoms with Crippen molar-refractivity contribution in [3.63, 3.8) is 0 Å². The van der Waals surface area contributed by atoms with Crippen LogP contribution in [0.2, 0.25) is 0 Å². The van der Waals surface area contributed by atoms with Crippen molar-refractivity contribution < 1.29 is 9.53 Å². The molecule has 0 radical (unpaired) electrons. The average Bonchev–Trinajstić information content (AvgIpc) is 3.33. The van der Waals surface area contributed by atoms with Crippen LogP contribution in [-0.2, 0) is 4.79 Å². The number of nitrogens with one attached hydrogen (secondary N) is 1. The van der Waals surface area contributed by atoms with Gasteiger partial charge in [-0.3, -0.25) is 4.79 Å². The molecule has 2 heterocycles. The van der Waals surface area contributed by atoms with E-state index in [0.29, 0.717) is 18.9 Å². The van der Waals surface area contributed by atoms with E-state index >= 15 is 0 Å². The maximum absolute atomic E-state index is 12.5. The number of fused-ring (bicyclic) bond motifs is 1. The zero-order valence-corrected chi connectivity index (χ0v) is 14.9. The highest BCUT2D eigenvalue weighted by Gasteiger charge is 2.28. The zero-order chi connectivity index (χ0) is 17.8. The molecule has 1 fully saturated rings. The zero-order valence-electron chi connectivity index (χ0n) is 14.9. The second-order valence-electron chi connectivity index (χ2n) is 6.88. The molecule has 2 aromatic carbocycles. The van der Waals surface area contributed by atoms with Gasteiger partial charge in [0.15, 0.2) is 0 Å². The van der Waals surface area contributed by atoms with Crippen LogP contribution in [0.4, 0.5) is 0 Å². The van der Waals surface area contributed by atoms with Gasteiger partial charge in [-0.05, 0) is 36.6 Å². The van der Waals surface area contributed by atoms with Crippen molar-refractivity contribution in [3.8, 4) is 5.75 Å². The highest BCUT2D eigenvalue weighted by molar-refractivity contribution is 5.84. The Bertz CT molecular complexity index is 872. The fourth-order valence-corrected chi connectivity index (χ4v) is 3.76. The standard InChI is InChI=1S/C22H24N2O2/c25-22(11-6-14-26-18-7-2-1-3-8-18)24-13-12-17(16-24)20-15-23-21-10-5-4-9-19(20)21/h1-5,7-10,15,17,23H,6,11-14,16H2. The first-order valence-electron chi connectivity index (χ1n) is 9.33. The number of ether oxygens (including phenoxy) is 1. The Morgan fingerprint density at radius 3 is 2.81 bits per heavy atom. The largest absolute Gasteiger partial charge is 0.494 e. The van der Waals surface area contributed by atoms with Crippen molar-refractivity contribution in [1.82, 2.24) is 9.88 Å². The number of carbonyl (C=O) groups excluding carboxylic acids is 1. The Morgan fingerprint density at radius 2 is 1.92 bits per heavy atom. The van der Waals surface area contributed by atoms with Gasteiger partial charge in [0.05, 0.1) is 6.61 Å². The SMILES string of the molecule is O=C(CCCOc1ccccc1)N1CCC(c2c[nH]c3ccccc23)C1. The molecule has 1 aromatic heterocycles. The van der Waals surface area contributed by atoms with E-state index in [0.717, 1.165) is 31.7 Å². The predicted molar refractivity (Wildman–Crippen MR) is 103 cm³/mol. The van der Waals surface area contributed by atoms with Crippen LogP contribution in [0.5, 0.6) is 5.75 Å². The number of rotatable bonds is 6. The third-order valence-corrected chi connectivity index (χ3v) is 5.15. The van der Waals surface area contributed by atoms with Crippen molar-refractivity contribution in [3.05, 3.63) is 66.4 Å². The van der Waals surface area contributed by atoms with Gasteiger partial charge in [0.25, 0.3) is 0 Å². The molecule has 4 heteroatoms. The highest BCUT2D eigenvalue weighted by Crippen LogP contribution is 2.32. The molecule has 4 rings (SSSR count). The number of amides is 1. The lowest BCUT2D eigenvalue weighted by Gasteiger charge is -2.16. The number of benzene rings is 2. The molecule has 4 nitrogen and oxygen atoms in total. The molecule has 1 amide bonds. The maximum Gasteiger partial charge on any atom is 0.222 e. The quantitative estimate of drug-likeness (QED) is 0.674.